The molecule has 4 rings (SSSR count). The number of nitrogens with one attached hydrogen (secondary N) is 2. The van der Waals surface area contributed by atoms with Crippen molar-refractivity contribution in [2.24, 2.45) is 0 Å². The van der Waals surface area contributed by atoms with Gasteiger partial charge in [0.2, 0.25) is 11.8 Å². The van der Waals surface area contributed by atoms with E-state index in [0.29, 0.717) is 30.5 Å². The number of carbonyl (C=O) groups excluding carboxylic acids is 2. The molecule has 0 aliphatic heterocycles. The molecule has 0 fully saturated rings. The molecule has 0 atom stereocenters. The highest BCUT2D eigenvalue weighted by molar-refractivity contribution is 5.94. The lowest BCUT2D eigenvalue weighted by Crippen LogP contribution is -2.14. The molecule has 0 spiro atoms. The van der Waals surface area contributed by atoms with Crippen molar-refractivity contribution in [2.45, 2.75) is 26.2 Å². The molecule has 0 bridgehead atoms. The van der Waals surface area contributed by atoms with Crippen molar-refractivity contribution >= 4 is 34.2 Å². The first-order valence-corrected chi connectivity index (χ1v) is 10.7. The van der Waals surface area contributed by atoms with E-state index in [-0.39, 0.29) is 11.8 Å². The number of fused-ring (bicyclic) bond motifs is 1. The normalized spacial score (nSPS) is 10.7. The topological polar surface area (TPSA) is 88.4 Å². The van der Waals surface area contributed by atoms with Gasteiger partial charge in [0.25, 0.3) is 0 Å². The molecule has 2 N–H and O–H groups in total. The number of hydrogen-bond acceptors (Lipinski definition) is 4. The van der Waals surface area contributed by atoms with Crippen LogP contribution < -0.4 is 16.3 Å². The molecule has 6 heteroatoms. The molecule has 3 aromatic carbocycles. The first-order valence-electron chi connectivity index (χ1n) is 10.7. The van der Waals surface area contributed by atoms with Gasteiger partial charge in [0.15, 0.2) is 0 Å². The van der Waals surface area contributed by atoms with Gasteiger partial charge in [0.05, 0.1) is 6.42 Å². The monoisotopic (exact) mass is 440 g/mol. The van der Waals surface area contributed by atoms with Crippen LogP contribution in [-0.2, 0) is 22.4 Å². The van der Waals surface area contributed by atoms with Crippen molar-refractivity contribution in [1.82, 2.24) is 0 Å². The van der Waals surface area contributed by atoms with Crippen LogP contribution in [0.2, 0.25) is 0 Å². The van der Waals surface area contributed by atoms with E-state index in [1.165, 1.54) is 6.07 Å². The van der Waals surface area contributed by atoms with Crippen LogP contribution in [0.1, 0.15) is 23.1 Å². The van der Waals surface area contributed by atoms with Crippen molar-refractivity contribution in [3.8, 4) is 0 Å². The standard InChI is InChI=1S/C27H24N2O4/c1-18-15-27(32)33-24-17-22(12-13-23(18)24)29-25(30)14-9-19-7-10-21(11-8-19)28-26(31)16-20-5-3-2-4-6-20/h2-8,10-13,15,17H,9,14,16H2,1H3,(H,28,31)(H,29,30). The summed E-state index contributed by atoms with van der Waals surface area (Å²) >= 11 is 0. The Morgan fingerprint density at radius 2 is 1.48 bits per heavy atom. The average Bonchev–Trinajstić information content (AvgIpc) is 2.79. The lowest BCUT2D eigenvalue weighted by molar-refractivity contribution is -0.116. The van der Waals surface area contributed by atoms with Crippen LogP contribution in [0.25, 0.3) is 11.0 Å². The van der Waals surface area contributed by atoms with Gasteiger partial charge < -0.3 is 15.1 Å². The van der Waals surface area contributed by atoms with E-state index in [2.05, 4.69) is 10.6 Å². The van der Waals surface area contributed by atoms with E-state index in [1.54, 1.807) is 12.1 Å². The van der Waals surface area contributed by atoms with Crippen molar-refractivity contribution in [3.05, 3.63) is 106 Å². The second kappa shape index (κ2) is 9.96. The second-order valence-electron chi connectivity index (χ2n) is 7.92. The van der Waals surface area contributed by atoms with Crippen LogP contribution in [0.15, 0.2) is 88.1 Å². The highest BCUT2D eigenvalue weighted by Crippen LogP contribution is 2.21. The number of carbonyl (C=O) groups is 2. The molecule has 2 amide bonds. The molecule has 4 aromatic rings. The van der Waals surface area contributed by atoms with Crippen LogP contribution in [0, 0.1) is 6.92 Å². The summed E-state index contributed by atoms with van der Waals surface area (Å²) in [5.41, 5.74) is 4.12. The van der Waals surface area contributed by atoms with Crippen molar-refractivity contribution in [2.75, 3.05) is 10.6 Å². The first kappa shape index (κ1) is 22.0. The number of aryl methyl sites for hydroxylation is 2. The van der Waals surface area contributed by atoms with Gasteiger partial charge in [-0.2, -0.15) is 0 Å². The van der Waals surface area contributed by atoms with Crippen molar-refractivity contribution in [1.29, 1.82) is 0 Å². The van der Waals surface area contributed by atoms with E-state index >= 15 is 0 Å². The Hall–Kier alpha value is -4.19. The Morgan fingerprint density at radius 3 is 2.24 bits per heavy atom. The maximum Gasteiger partial charge on any atom is 0.336 e. The number of rotatable bonds is 7. The average molecular weight is 440 g/mol. The van der Waals surface area contributed by atoms with Crippen LogP contribution in [0.3, 0.4) is 0 Å². The van der Waals surface area contributed by atoms with E-state index in [1.807, 2.05) is 67.6 Å². The summed E-state index contributed by atoms with van der Waals surface area (Å²) in [5.74, 6) is -0.209. The highest BCUT2D eigenvalue weighted by Gasteiger charge is 2.08. The molecule has 0 aliphatic rings. The zero-order valence-electron chi connectivity index (χ0n) is 18.3. The molecule has 0 radical (unpaired) electrons. The van der Waals surface area contributed by atoms with E-state index in [4.69, 9.17) is 4.42 Å². The van der Waals surface area contributed by atoms with Gasteiger partial charge in [0.1, 0.15) is 5.58 Å². The minimum absolute atomic E-state index is 0.0743. The molecule has 0 aliphatic carbocycles. The fourth-order valence-electron chi connectivity index (χ4n) is 3.63. The van der Waals surface area contributed by atoms with Gasteiger partial charge >= 0.3 is 5.63 Å². The van der Waals surface area contributed by atoms with Gasteiger partial charge in [-0.05, 0) is 54.3 Å². The summed E-state index contributed by atoms with van der Waals surface area (Å²) in [5, 5.41) is 6.57. The van der Waals surface area contributed by atoms with Gasteiger partial charge in [-0.15, -0.1) is 0 Å². The summed E-state index contributed by atoms with van der Waals surface area (Å²) in [6.07, 6.45) is 1.18. The lowest BCUT2D eigenvalue weighted by Gasteiger charge is -2.08. The molecular formula is C27H24N2O4. The second-order valence-corrected chi connectivity index (χ2v) is 7.92. The smallest absolute Gasteiger partial charge is 0.336 e. The van der Waals surface area contributed by atoms with Gasteiger partial charge in [0, 0.05) is 35.3 Å². The number of anilines is 2. The quantitative estimate of drug-likeness (QED) is 0.402. The minimum atomic E-state index is -0.414. The third kappa shape index (κ3) is 5.95. The lowest BCUT2D eigenvalue weighted by atomic mass is 10.1. The van der Waals surface area contributed by atoms with Crippen LogP contribution in [0.4, 0.5) is 11.4 Å². The van der Waals surface area contributed by atoms with Gasteiger partial charge in [-0.25, -0.2) is 4.79 Å². The Bertz CT molecular complexity index is 1340. The third-order valence-corrected chi connectivity index (χ3v) is 5.32. The SMILES string of the molecule is Cc1cc(=O)oc2cc(NC(=O)CCc3ccc(NC(=O)Cc4ccccc4)cc3)ccc12. The predicted octanol–water partition coefficient (Wildman–Crippen LogP) is 4.85. The van der Waals surface area contributed by atoms with E-state index < -0.39 is 5.63 Å². The summed E-state index contributed by atoms with van der Waals surface area (Å²) in [6.45, 7) is 1.84. The summed E-state index contributed by atoms with van der Waals surface area (Å²) in [4.78, 5) is 36.2. The fraction of sp³-hybridized carbons (Fsp3) is 0.148. The summed E-state index contributed by atoms with van der Waals surface area (Å²) in [6, 6.07) is 23.8. The van der Waals surface area contributed by atoms with Crippen molar-refractivity contribution in [3.63, 3.8) is 0 Å². The Labute approximate surface area is 191 Å². The van der Waals surface area contributed by atoms with Crippen molar-refractivity contribution < 1.29 is 14.0 Å². The van der Waals surface area contributed by atoms with Gasteiger partial charge in [-0.1, -0.05) is 42.5 Å². The first-order chi connectivity index (χ1) is 16.0. The Morgan fingerprint density at radius 1 is 0.788 bits per heavy atom. The molecule has 166 valence electrons. The molecular weight excluding hydrogens is 416 g/mol. The number of amides is 2. The molecule has 6 nitrogen and oxygen atoms in total. The summed E-state index contributed by atoms with van der Waals surface area (Å²) < 4.78 is 5.23. The van der Waals surface area contributed by atoms with Crippen LogP contribution >= 0.6 is 0 Å². The maximum atomic E-state index is 12.4. The van der Waals surface area contributed by atoms with Crippen LogP contribution in [0.5, 0.6) is 0 Å². The molecule has 0 saturated heterocycles. The van der Waals surface area contributed by atoms with Gasteiger partial charge in [-0.3, -0.25) is 9.59 Å². The Balaban J connectivity index is 1.29. The largest absolute Gasteiger partial charge is 0.423 e. The molecule has 33 heavy (non-hydrogen) atoms. The Kier molecular flexibility index (Phi) is 6.64. The molecule has 1 heterocycles. The molecule has 0 unspecified atom stereocenters. The highest BCUT2D eigenvalue weighted by atomic mass is 16.4. The number of benzene rings is 3. The maximum absolute atomic E-state index is 12.4. The minimum Gasteiger partial charge on any atom is -0.423 e. The number of hydrogen-bond donors (Lipinski definition) is 2. The van der Waals surface area contributed by atoms with Crippen LogP contribution in [-0.4, -0.2) is 11.8 Å². The zero-order chi connectivity index (χ0) is 23.2. The zero-order valence-corrected chi connectivity index (χ0v) is 18.3. The molecule has 0 saturated carbocycles. The van der Waals surface area contributed by atoms with E-state index in [0.717, 1.165) is 27.8 Å². The molecule has 1 aromatic heterocycles. The third-order valence-electron chi connectivity index (χ3n) is 5.32. The predicted molar refractivity (Wildman–Crippen MR) is 129 cm³/mol. The van der Waals surface area contributed by atoms with E-state index in [9.17, 15) is 14.4 Å². The fourth-order valence-corrected chi connectivity index (χ4v) is 3.63. The summed E-state index contributed by atoms with van der Waals surface area (Å²) in [7, 11) is 0.